The predicted molar refractivity (Wildman–Crippen MR) is 78.8 cm³/mol. The summed E-state index contributed by atoms with van der Waals surface area (Å²) in [5.41, 5.74) is 7.02. The summed E-state index contributed by atoms with van der Waals surface area (Å²) in [6.07, 6.45) is 1.50. The van der Waals surface area contributed by atoms with Crippen molar-refractivity contribution in [2.75, 3.05) is 0 Å². The van der Waals surface area contributed by atoms with Crippen molar-refractivity contribution in [3.8, 4) is 0 Å². The van der Waals surface area contributed by atoms with Gasteiger partial charge in [-0.05, 0) is 43.0 Å². The molecule has 0 aliphatic rings. The number of nitrogens with two attached hydrogens (primary N) is 1. The first-order chi connectivity index (χ1) is 8.85. The first-order valence-electron chi connectivity index (χ1n) is 6.37. The zero-order chi connectivity index (χ0) is 14.6. The highest BCUT2D eigenvalue weighted by molar-refractivity contribution is 7.89. The third-order valence-corrected chi connectivity index (χ3v) is 5.11. The van der Waals surface area contributed by atoms with Crippen molar-refractivity contribution in [2.45, 2.75) is 51.1 Å². The molecule has 0 fully saturated rings. The number of hydrogen-bond donors (Lipinski definition) is 2. The van der Waals surface area contributed by atoms with Crippen molar-refractivity contribution in [1.82, 2.24) is 4.72 Å². The van der Waals surface area contributed by atoms with Crippen LogP contribution in [0.5, 0.6) is 0 Å². The van der Waals surface area contributed by atoms with Gasteiger partial charge < -0.3 is 5.73 Å². The molecule has 0 aliphatic carbocycles. The highest BCUT2D eigenvalue weighted by Gasteiger charge is 2.21. The van der Waals surface area contributed by atoms with Crippen molar-refractivity contribution in [2.24, 2.45) is 5.73 Å². The topological polar surface area (TPSA) is 72.2 Å². The summed E-state index contributed by atoms with van der Waals surface area (Å²) < 4.78 is 27.5. The lowest BCUT2D eigenvalue weighted by molar-refractivity contribution is 0.529. The summed E-state index contributed by atoms with van der Waals surface area (Å²) in [6, 6.07) is 3.11. The Kier molecular flexibility index (Phi) is 5.80. The molecule has 1 rings (SSSR count). The monoisotopic (exact) mass is 304 g/mol. The fourth-order valence-electron chi connectivity index (χ4n) is 1.94. The molecule has 0 aliphatic heterocycles. The maximum absolute atomic E-state index is 12.4. The second kappa shape index (κ2) is 6.70. The number of benzene rings is 1. The van der Waals surface area contributed by atoms with Crippen LogP contribution in [0.4, 0.5) is 0 Å². The molecule has 0 saturated heterocycles. The first kappa shape index (κ1) is 16.4. The van der Waals surface area contributed by atoms with Gasteiger partial charge in [0.05, 0.1) is 4.90 Å². The van der Waals surface area contributed by atoms with E-state index in [0.717, 1.165) is 18.4 Å². The average Bonchev–Trinajstić information content (AvgIpc) is 2.38. The molecule has 0 aromatic heterocycles. The van der Waals surface area contributed by atoms with Gasteiger partial charge in [0.1, 0.15) is 0 Å². The number of halogens is 1. The van der Waals surface area contributed by atoms with E-state index in [-0.39, 0.29) is 17.5 Å². The highest BCUT2D eigenvalue weighted by atomic mass is 35.5. The fourth-order valence-corrected chi connectivity index (χ4v) is 3.96. The summed E-state index contributed by atoms with van der Waals surface area (Å²) in [5, 5.41) is 0.385. The van der Waals surface area contributed by atoms with Crippen molar-refractivity contribution in [1.29, 1.82) is 0 Å². The van der Waals surface area contributed by atoms with Gasteiger partial charge in [0, 0.05) is 17.6 Å². The molecule has 0 spiro atoms. The summed E-state index contributed by atoms with van der Waals surface area (Å²) in [4.78, 5) is 0.215. The van der Waals surface area contributed by atoms with Crippen LogP contribution in [0.25, 0.3) is 0 Å². The smallest absolute Gasteiger partial charge is 0.241 e. The number of hydrogen-bond acceptors (Lipinski definition) is 3. The van der Waals surface area contributed by atoms with Crippen LogP contribution in [-0.4, -0.2) is 14.5 Å². The van der Waals surface area contributed by atoms with Gasteiger partial charge in [0.15, 0.2) is 0 Å². The van der Waals surface area contributed by atoms with E-state index in [1.807, 2.05) is 13.8 Å². The van der Waals surface area contributed by atoms with Gasteiger partial charge in [-0.15, -0.1) is 0 Å². The van der Waals surface area contributed by atoms with Crippen LogP contribution in [0.3, 0.4) is 0 Å². The molecule has 0 saturated carbocycles. The molecule has 0 radical (unpaired) electrons. The molecule has 0 unspecified atom stereocenters. The summed E-state index contributed by atoms with van der Waals surface area (Å²) >= 11 is 5.96. The van der Waals surface area contributed by atoms with Gasteiger partial charge in [0.25, 0.3) is 0 Å². The van der Waals surface area contributed by atoms with Crippen LogP contribution in [-0.2, 0) is 16.6 Å². The predicted octanol–water partition coefficient (Wildman–Crippen LogP) is 2.57. The van der Waals surface area contributed by atoms with E-state index in [4.69, 9.17) is 17.3 Å². The molecule has 3 N–H and O–H groups in total. The quantitative estimate of drug-likeness (QED) is 0.848. The van der Waals surface area contributed by atoms with Crippen LogP contribution < -0.4 is 10.5 Å². The van der Waals surface area contributed by atoms with Gasteiger partial charge in [-0.25, -0.2) is 13.1 Å². The van der Waals surface area contributed by atoms with Crippen LogP contribution in [0, 0.1) is 6.92 Å². The van der Waals surface area contributed by atoms with E-state index in [0.29, 0.717) is 10.6 Å². The normalized spacial score (nSPS) is 12.1. The van der Waals surface area contributed by atoms with Gasteiger partial charge in [-0.2, -0.15) is 0 Å². The Morgan fingerprint density at radius 2 is 1.89 bits per heavy atom. The maximum atomic E-state index is 12.4. The molecule has 108 valence electrons. The second-order valence-corrected chi connectivity index (χ2v) is 6.65. The van der Waals surface area contributed by atoms with Crippen molar-refractivity contribution in [3.63, 3.8) is 0 Å². The van der Waals surface area contributed by atoms with Crippen LogP contribution in [0.15, 0.2) is 17.0 Å². The number of sulfonamides is 1. The third kappa shape index (κ3) is 3.92. The zero-order valence-electron chi connectivity index (χ0n) is 11.5. The average molecular weight is 305 g/mol. The summed E-state index contributed by atoms with van der Waals surface area (Å²) in [6.45, 7) is 5.92. The molecule has 0 heterocycles. The lowest BCUT2D eigenvalue weighted by Crippen LogP contribution is -2.34. The Morgan fingerprint density at radius 3 is 2.37 bits per heavy atom. The maximum Gasteiger partial charge on any atom is 0.241 e. The Hall–Kier alpha value is -0.620. The standard InChI is InChI=1S/C13H21ClN2O2S/c1-4-12(5-2)16-19(17,18)13-7-11(14)6-10(8-15)9(13)3/h6-7,12,16H,4-5,8,15H2,1-3H3. The van der Waals surface area contributed by atoms with Gasteiger partial charge in [-0.3, -0.25) is 0 Å². The Balaban J connectivity index is 3.25. The van der Waals surface area contributed by atoms with E-state index in [2.05, 4.69) is 4.72 Å². The summed E-state index contributed by atoms with van der Waals surface area (Å²) in [5.74, 6) is 0. The SMILES string of the molecule is CCC(CC)NS(=O)(=O)c1cc(Cl)cc(CN)c1C. The molecule has 1 aromatic carbocycles. The zero-order valence-corrected chi connectivity index (χ0v) is 13.1. The molecule has 0 atom stereocenters. The lowest BCUT2D eigenvalue weighted by Gasteiger charge is -2.17. The Bertz CT molecular complexity index is 540. The van der Waals surface area contributed by atoms with Crippen LogP contribution in [0.2, 0.25) is 5.02 Å². The number of nitrogens with one attached hydrogen (secondary N) is 1. The molecule has 19 heavy (non-hydrogen) atoms. The Morgan fingerprint density at radius 1 is 1.32 bits per heavy atom. The number of rotatable bonds is 6. The van der Waals surface area contributed by atoms with Crippen molar-refractivity contribution in [3.05, 3.63) is 28.3 Å². The second-order valence-electron chi connectivity index (χ2n) is 4.53. The van der Waals surface area contributed by atoms with Crippen LogP contribution >= 0.6 is 11.6 Å². The van der Waals surface area contributed by atoms with E-state index in [1.54, 1.807) is 13.0 Å². The minimum Gasteiger partial charge on any atom is -0.326 e. The van der Waals surface area contributed by atoms with E-state index >= 15 is 0 Å². The largest absolute Gasteiger partial charge is 0.326 e. The molecule has 6 heteroatoms. The van der Waals surface area contributed by atoms with E-state index in [9.17, 15) is 8.42 Å². The minimum absolute atomic E-state index is 0.0651. The molecule has 4 nitrogen and oxygen atoms in total. The molecule has 0 bridgehead atoms. The van der Waals surface area contributed by atoms with E-state index < -0.39 is 10.0 Å². The molecular weight excluding hydrogens is 284 g/mol. The van der Waals surface area contributed by atoms with Gasteiger partial charge >= 0.3 is 0 Å². The first-order valence-corrected chi connectivity index (χ1v) is 8.23. The third-order valence-electron chi connectivity index (χ3n) is 3.25. The Labute approximate surface area is 120 Å². The minimum atomic E-state index is -3.56. The van der Waals surface area contributed by atoms with E-state index in [1.165, 1.54) is 6.07 Å². The molecular formula is C13H21ClN2O2S. The van der Waals surface area contributed by atoms with Crippen LogP contribution in [0.1, 0.15) is 37.8 Å². The van der Waals surface area contributed by atoms with Gasteiger partial charge in [-0.1, -0.05) is 25.4 Å². The lowest BCUT2D eigenvalue weighted by atomic mass is 10.1. The van der Waals surface area contributed by atoms with Crippen molar-refractivity contribution < 1.29 is 8.42 Å². The molecule has 1 aromatic rings. The van der Waals surface area contributed by atoms with Crippen molar-refractivity contribution >= 4 is 21.6 Å². The molecule has 0 amide bonds. The highest BCUT2D eigenvalue weighted by Crippen LogP contribution is 2.24. The van der Waals surface area contributed by atoms with Gasteiger partial charge in [0.2, 0.25) is 10.0 Å². The fraction of sp³-hybridized carbons (Fsp3) is 0.538. The summed E-state index contributed by atoms with van der Waals surface area (Å²) in [7, 11) is -3.56.